The lowest BCUT2D eigenvalue weighted by Crippen LogP contribution is -2.33. The van der Waals surface area contributed by atoms with Crippen molar-refractivity contribution in [2.75, 3.05) is 13.1 Å². The quantitative estimate of drug-likeness (QED) is 0.649. The average Bonchev–Trinajstić information content (AvgIpc) is 3.19. The third-order valence-corrected chi connectivity index (χ3v) is 5.11. The van der Waals surface area contributed by atoms with Gasteiger partial charge in [-0.05, 0) is 44.5 Å². The molecule has 0 unspecified atom stereocenters. The number of hydrogen-bond donors (Lipinski definition) is 0. The number of halogens is 3. The lowest BCUT2D eigenvalue weighted by molar-refractivity contribution is -0.138. The minimum absolute atomic E-state index is 0.111. The summed E-state index contributed by atoms with van der Waals surface area (Å²) in [5.74, 6) is 1.05. The largest absolute Gasteiger partial charge is 0.416 e. The van der Waals surface area contributed by atoms with Crippen LogP contribution in [-0.2, 0) is 12.7 Å². The Morgan fingerprint density at radius 1 is 1.10 bits per heavy atom. The maximum Gasteiger partial charge on any atom is 0.416 e. The predicted octanol–water partition coefficient (Wildman–Crippen LogP) is 4.23. The molecule has 3 aromatic rings. The molecule has 6 nitrogen and oxygen atoms in total. The van der Waals surface area contributed by atoms with Crippen molar-refractivity contribution in [1.29, 1.82) is 0 Å². The molecule has 1 aliphatic rings. The Morgan fingerprint density at radius 3 is 2.55 bits per heavy atom. The normalized spacial score (nSPS) is 16.3. The lowest BCUT2D eigenvalue weighted by Gasteiger charge is -2.31. The van der Waals surface area contributed by atoms with Crippen molar-refractivity contribution >= 4 is 0 Å². The molecule has 0 N–H and O–H groups in total. The van der Waals surface area contributed by atoms with Gasteiger partial charge in [-0.3, -0.25) is 9.88 Å². The second-order valence-electron chi connectivity index (χ2n) is 7.21. The Kier molecular flexibility index (Phi) is 5.31. The fourth-order valence-corrected chi connectivity index (χ4v) is 3.53. The Hall–Kier alpha value is -2.81. The van der Waals surface area contributed by atoms with Crippen molar-refractivity contribution in [3.8, 4) is 11.6 Å². The summed E-state index contributed by atoms with van der Waals surface area (Å²) in [6.07, 6.45) is 0.401. The van der Waals surface area contributed by atoms with E-state index in [4.69, 9.17) is 4.52 Å². The summed E-state index contributed by atoms with van der Waals surface area (Å²) in [4.78, 5) is 14.9. The molecule has 0 bridgehead atoms. The van der Waals surface area contributed by atoms with E-state index >= 15 is 0 Å². The van der Waals surface area contributed by atoms with Crippen LogP contribution in [0, 0.1) is 6.92 Å². The van der Waals surface area contributed by atoms with Gasteiger partial charge in [0, 0.05) is 18.7 Å². The standard InChI is InChI=1S/C20H20F3N5O/c1-13-10-25-17(11-24-13)19-26-18(27-29-19)14-6-8-28(9-7-14)12-15-4-2-3-5-16(15)20(21,22)23/h2-5,10-11,14H,6-9,12H2,1H3. The van der Waals surface area contributed by atoms with Gasteiger partial charge < -0.3 is 4.52 Å². The lowest BCUT2D eigenvalue weighted by atomic mass is 9.95. The highest BCUT2D eigenvalue weighted by Gasteiger charge is 2.34. The summed E-state index contributed by atoms with van der Waals surface area (Å²) in [5.41, 5.74) is 1.06. The number of alkyl halides is 3. The van der Waals surface area contributed by atoms with Crippen LogP contribution in [-0.4, -0.2) is 38.1 Å². The Labute approximate surface area is 165 Å². The van der Waals surface area contributed by atoms with Gasteiger partial charge in [-0.15, -0.1) is 0 Å². The summed E-state index contributed by atoms with van der Waals surface area (Å²) >= 11 is 0. The SMILES string of the molecule is Cc1cnc(-c2nc(C3CCN(Cc4ccccc4C(F)(F)F)CC3)no2)cn1. The van der Waals surface area contributed by atoms with Crippen LogP contribution < -0.4 is 0 Å². The van der Waals surface area contributed by atoms with Crippen LogP contribution in [0.3, 0.4) is 0 Å². The van der Waals surface area contributed by atoms with Gasteiger partial charge in [0.1, 0.15) is 5.69 Å². The molecule has 0 aliphatic carbocycles. The van der Waals surface area contributed by atoms with E-state index in [0.29, 0.717) is 36.1 Å². The highest BCUT2D eigenvalue weighted by Crippen LogP contribution is 2.33. The first-order valence-electron chi connectivity index (χ1n) is 9.40. The van der Waals surface area contributed by atoms with Crippen LogP contribution in [0.5, 0.6) is 0 Å². The molecule has 1 saturated heterocycles. The third kappa shape index (κ3) is 4.45. The van der Waals surface area contributed by atoms with Gasteiger partial charge in [-0.2, -0.15) is 18.2 Å². The van der Waals surface area contributed by atoms with E-state index in [1.807, 2.05) is 11.8 Å². The molecule has 0 spiro atoms. The fourth-order valence-electron chi connectivity index (χ4n) is 3.53. The number of aromatic nitrogens is 4. The molecule has 152 valence electrons. The van der Waals surface area contributed by atoms with Gasteiger partial charge >= 0.3 is 6.18 Å². The Morgan fingerprint density at radius 2 is 1.86 bits per heavy atom. The number of nitrogens with zero attached hydrogens (tertiary/aromatic N) is 5. The number of piperidine rings is 1. The van der Waals surface area contributed by atoms with Gasteiger partial charge in [0.25, 0.3) is 5.89 Å². The zero-order valence-electron chi connectivity index (χ0n) is 15.9. The minimum Gasteiger partial charge on any atom is -0.332 e. The first kappa shape index (κ1) is 19.5. The van der Waals surface area contributed by atoms with E-state index in [9.17, 15) is 13.2 Å². The summed E-state index contributed by atoms with van der Waals surface area (Å²) in [6.45, 7) is 3.46. The maximum absolute atomic E-state index is 13.2. The molecule has 2 aromatic heterocycles. The highest BCUT2D eigenvalue weighted by molar-refractivity contribution is 5.44. The first-order valence-corrected chi connectivity index (χ1v) is 9.40. The molecule has 0 saturated carbocycles. The van der Waals surface area contributed by atoms with E-state index in [1.54, 1.807) is 24.5 Å². The van der Waals surface area contributed by atoms with E-state index in [1.165, 1.54) is 6.07 Å². The summed E-state index contributed by atoms with van der Waals surface area (Å²) < 4.78 is 44.9. The van der Waals surface area contributed by atoms with Crippen molar-refractivity contribution in [2.45, 2.75) is 38.4 Å². The molecule has 29 heavy (non-hydrogen) atoms. The molecular weight excluding hydrogens is 383 g/mol. The monoisotopic (exact) mass is 403 g/mol. The Bertz CT molecular complexity index is 963. The van der Waals surface area contributed by atoms with Crippen molar-refractivity contribution in [3.63, 3.8) is 0 Å². The van der Waals surface area contributed by atoms with Crippen molar-refractivity contribution in [3.05, 3.63) is 59.3 Å². The molecule has 1 aliphatic heterocycles. The molecular formula is C20H20F3N5O. The first-order chi connectivity index (χ1) is 13.9. The van der Waals surface area contributed by atoms with Crippen LogP contribution in [0.15, 0.2) is 41.2 Å². The maximum atomic E-state index is 13.2. The number of rotatable bonds is 4. The van der Waals surface area contributed by atoms with Crippen LogP contribution in [0.2, 0.25) is 0 Å². The summed E-state index contributed by atoms with van der Waals surface area (Å²) in [5, 5.41) is 4.07. The molecule has 4 rings (SSSR count). The van der Waals surface area contributed by atoms with E-state index < -0.39 is 11.7 Å². The molecule has 0 atom stereocenters. The second-order valence-corrected chi connectivity index (χ2v) is 7.21. The van der Waals surface area contributed by atoms with Crippen LogP contribution in [0.4, 0.5) is 13.2 Å². The van der Waals surface area contributed by atoms with Crippen molar-refractivity contribution < 1.29 is 17.7 Å². The topological polar surface area (TPSA) is 67.9 Å². The average molecular weight is 403 g/mol. The van der Waals surface area contributed by atoms with Crippen LogP contribution in [0.25, 0.3) is 11.6 Å². The van der Waals surface area contributed by atoms with E-state index in [0.717, 1.165) is 24.6 Å². The highest BCUT2D eigenvalue weighted by atomic mass is 19.4. The van der Waals surface area contributed by atoms with Gasteiger partial charge in [0.05, 0.1) is 17.5 Å². The fraction of sp³-hybridized carbons (Fsp3) is 0.400. The van der Waals surface area contributed by atoms with E-state index in [2.05, 4.69) is 20.1 Å². The number of likely N-dealkylation sites (tertiary alicyclic amines) is 1. The smallest absolute Gasteiger partial charge is 0.332 e. The summed E-state index contributed by atoms with van der Waals surface area (Å²) in [6, 6.07) is 5.75. The molecule has 1 aromatic carbocycles. The molecule has 0 amide bonds. The minimum atomic E-state index is -4.34. The number of benzene rings is 1. The number of aryl methyl sites for hydroxylation is 1. The molecule has 1 fully saturated rings. The van der Waals surface area contributed by atoms with Crippen molar-refractivity contribution in [1.82, 2.24) is 25.0 Å². The van der Waals surface area contributed by atoms with E-state index in [-0.39, 0.29) is 12.5 Å². The van der Waals surface area contributed by atoms with Gasteiger partial charge in [0.15, 0.2) is 5.82 Å². The molecule has 3 heterocycles. The molecule has 9 heteroatoms. The summed E-state index contributed by atoms with van der Waals surface area (Å²) in [7, 11) is 0. The van der Waals surface area contributed by atoms with Gasteiger partial charge in [0.2, 0.25) is 0 Å². The second kappa shape index (κ2) is 7.90. The number of hydrogen-bond acceptors (Lipinski definition) is 6. The van der Waals surface area contributed by atoms with Crippen LogP contribution in [0.1, 0.15) is 41.4 Å². The van der Waals surface area contributed by atoms with Gasteiger partial charge in [-0.1, -0.05) is 23.4 Å². The molecule has 0 radical (unpaired) electrons. The Balaban J connectivity index is 1.39. The zero-order valence-corrected chi connectivity index (χ0v) is 15.9. The zero-order chi connectivity index (χ0) is 20.4. The third-order valence-electron chi connectivity index (χ3n) is 5.11. The van der Waals surface area contributed by atoms with Crippen molar-refractivity contribution in [2.24, 2.45) is 0 Å². The predicted molar refractivity (Wildman–Crippen MR) is 98.8 cm³/mol. The van der Waals surface area contributed by atoms with Crippen LogP contribution >= 0.6 is 0 Å². The van der Waals surface area contributed by atoms with Gasteiger partial charge in [-0.25, -0.2) is 4.98 Å².